The molecule has 0 atom stereocenters. The fourth-order valence-corrected chi connectivity index (χ4v) is 5.04. The molecule has 3 N–H and O–H groups in total. The van der Waals surface area contributed by atoms with Crippen LogP contribution in [0.15, 0.2) is 82.4 Å². The van der Waals surface area contributed by atoms with Crippen LogP contribution in [0.25, 0.3) is 10.6 Å². The van der Waals surface area contributed by atoms with Crippen molar-refractivity contribution >= 4 is 74.2 Å². The van der Waals surface area contributed by atoms with Crippen LogP contribution in [0.5, 0.6) is 0 Å². The van der Waals surface area contributed by atoms with Gasteiger partial charge in [0.1, 0.15) is 0 Å². The van der Waals surface area contributed by atoms with E-state index in [1.165, 1.54) is 23.1 Å². The number of hydrogen-bond donors (Lipinski definition) is 3. The number of nitrogens with zero attached hydrogens (tertiary/aromatic N) is 1. The minimum Gasteiger partial charge on any atom is -0.332 e. The number of rotatable bonds is 7. The fourth-order valence-electron chi connectivity index (χ4n) is 2.62. The molecule has 0 saturated heterocycles. The van der Waals surface area contributed by atoms with Gasteiger partial charge in [-0.15, -0.1) is 34.4 Å². The van der Waals surface area contributed by atoms with Gasteiger partial charge < -0.3 is 16.0 Å². The van der Waals surface area contributed by atoms with Gasteiger partial charge in [-0.2, -0.15) is 0 Å². The topological polar surface area (TPSA) is 66.1 Å². The second-order valence-corrected chi connectivity index (χ2v) is 9.58. The van der Waals surface area contributed by atoms with E-state index in [0.29, 0.717) is 16.0 Å². The first kappa shape index (κ1) is 21.5. The van der Waals surface area contributed by atoms with Crippen molar-refractivity contribution in [2.24, 2.45) is 0 Å². The number of anilines is 3. The molecule has 4 aromatic rings. The summed E-state index contributed by atoms with van der Waals surface area (Å²) in [5.41, 5.74) is 2.71. The molecular weight excluding hydrogens is 465 g/mol. The number of thiazole rings is 1. The van der Waals surface area contributed by atoms with E-state index >= 15 is 0 Å². The molecule has 0 aliphatic carbocycles. The minimum atomic E-state index is -0.0764. The Morgan fingerprint density at radius 1 is 0.903 bits per heavy atom. The molecule has 0 aliphatic rings. The van der Waals surface area contributed by atoms with Crippen LogP contribution in [0.1, 0.15) is 0 Å². The maximum absolute atomic E-state index is 12.3. The molecule has 5 nitrogen and oxygen atoms in total. The number of para-hydroxylation sites is 1. The third-order valence-corrected chi connectivity index (χ3v) is 6.90. The van der Waals surface area contributed by atoms with Gasteiger partial charge in [0.15, 0.2) is 10.2 Å². The van der Waals surface area contributed by atoms with Crippen LogP contribution in [0.2, 0.25) is 0 Å². The Balaban J connectivity index is 1.23. The number of carbonyl (C=O) groups excluding carboxylic acids is 1. The quantitative estimate of drug-likeness (QED) is 0.209. The molecule has 0 radical (unpaired) electrons. The van der Waals surface area contributed by atoms with Crippen LogP contribution in [0.3, 0.4) is 0 Å². The summed E-state index contributed by atoms with van der Waals surface area (Å²) in [5, 5.41) is 14.3. The second kappa shape index (κ2) is 10.5. The number of hydrogen-bond acceptors (Lipinski definition) is 6. The van der Waals surface area contributed by atoms with Crippen molar-refractivity contribution in [1.29, 1.82) is 0 Å². The molecule has 0 unspecified atom stereocenters. The van der Waals surface area contributed by atoms with E-state index in [0.717, 1.165) is 26.8 Å². The molecule has 4 rings (SSSR count). The van der Waals surface area contributed by atoms with Gasteiger partial charge in [0, 0.05) is 21.7 Å². The summed E-state index contributed by atoms with van der Waals surface area (Å²) in [4.78, 5) is 18.8. The first-order chi connectivity index (χ1) is 15.2. The highest BCUT2D eigenvalue weighted by atomic mass is 32.2. The van der Waals surface area contributed by atoms with Crippen molar-refractivity contribution in [3.8, 4) is 10.6 Å². The van der Waals surface area contributed by atoms with Crippen molar-refractivity contribution in [2.45, 2.75) is 4.90 Å². The first-order valence-electron chi connectivity index (χ1n) is 9.31. The number of aromatic nitrogens is 1. The van der Waals surface area contributed by atoms with Crippen LogP contribution in [-0.4, -0.2) is 21.8 Å². The SMILES string of the molecule is O=C(CSc1ccc(NC(=S)Nc2ccccc2)cc1)Nc1nc(-c2cccs2)cs1. The largest absolute Gasteiger partial charge is 0.332 e. The average molecular weight is 483 g/mol. The third kappa shape index (κ3) is 6.38. The molecule has 0 spiro atoms. The highest BCUT2D eigenvalue weighted by Gasteiger charge is 2.09. The van der Waals surface area contributed by atoms with Gasteiger partial charge in [-0.25, -0.2) is 4.98 Å². The molecule has 0 fully saturated rings. The predicted octanol–water partition coefficient (Wildman–Crippen LogP) is 6.41. The lowest BCUT2D eigenvalue weighted by Crippen LogP contribution is -2.18. The molecule has 0 bridgehead atoms. The summed E-state index contributed by atoms with van der Waals surface area (Å²) in [5.74, 6) is 0.238. The van der Waals surface area contributed by atoms with Crippen LogP contribution in [0.4, 0.5) is 16.5 Å². The average Bonchev–Trinajstić information content (AvgIpc) is 3.46. The normalized spacial score (nSPS) is 10.5. The van der Waals surface area contributed by atoms with Gasteiger partial charge >= 0.3 is 0 Å². The van der Waals surface area contributed by atoms with Crippen LogP contribution >= 0.6 is 46.7 Å². The molecule has 9 heteroatoms. The van der Waals surface area contributed by atoms with Crippen molar-refractivity contribution < 1.29 is 4.79 Å². The Labute approximate surface area is 197 Å². The van der Waals surface area contributed by atoms with E-state index in [1.807, 2.05) is 77.5 Å². The highest BCUT2D eigenvalue weighted by molar-refractivity contribution is 8.00. The van der Waals surface area contributed by atoms with Gasteiger partial charge in [-0.05, 0) is 60.1 Å². The standard InChI is InChI=1S/C22H18N4OS4/c27-20(26-22-25-18(13-31-22)19-7-4-12-29-19)14-30-17-10-8-16(9-11-17)24-21(28)23-15-5-2-1-3-6-15/h1-13H,14H2,(H2,23,24,28)(H,25,26,27). The zero-order chi connectivity index (χ0) is 21.5. The number of thiocarbonyl (C=S) groups is 1. The van der Waals surface area contributed by atoms with Crippen molar-refractivity contribution in [1.82, 2.24) is 4.98 Å². The van der Waals surface area contributed by atoms with E-state index in [1.54, 1.807) is 11.3 Å². The predicted molar refractivity (Wildman–Crippen MR) is 138 cm³/mol. The van der Waals surface area contributed by atoms with E-state index in [4.69, 9.17) is 12.2 Å². The summed E-state index contributed by atoms with van der Waals surface area (Å²) >= 11 is 9.88. The summed E-state index contributed by atoms with van der Waals surface area (Å²) in [6.07, 6.45) is 0. The number of benzene rings is 2. The Morgan fingerprint density at radius 3 is 2.35 bits per heavy atom. The first-order valence-corrected chi connectivity index (χ1v) is 12.5. The van der Waals surface area contributed by atoms with Crippen LogP contribution in [-0.2, 0) is 4.79 Å². The lowest BCUT2D eigenvalue weighted by molar-refractivity contribution is -0.113. The lowest BCUT2D eigenvalue weighted by Gasteiger charge is -2.11. The van der Waals surface area contributed by atoms with E-state index in [9.17, 15) is 4.79 Å². The van der Waals surface area contributed by atoms with Gasteiger partial charge in [0.25, 0.3) is 0 Å². The smallest absolute Gasteiger partial charge is 0.236 e. The second-order valence-electron chi connectivity index (χ2n) is 6.32. The Morgan fingerprint density at radius 2 is 1.65 bits per heavy atom. The Kier molecular flexibility index (Phi) is 7.31. The molecule has 0 aliphatic heterocycles. The summed E-state index contributed by atoms with van der Waals surface area (Å²) in [6.45, 7) is 0. The molecule has 2 aromatic heterocycles. The zero-order valence-electron chi connectivity index (χ0n) is 16.2. The van der Waals surface area contributed by atoms with Gasteiger partial charge in [0.05, 0.1) is 16.3 Å². The van der Waals surface area contributed by atoms with Crippen LogP contribution in [0, 0.1) is 0 Å². The van der Waals surface area contributed by atoms with Gasteiger partial charge in [-0.1, -0.05) is 24.3 Å². The summed E-state index contributed by atoms with van der Waals surface area (Å²) in [7, 11) is 0. The number of thiophene rings is 1. The number of nitrogens with one attached hydrogen (secondary N) is 3. The Bertz CT molecular complexity index is 1140. The molecule has 2 aromatic carbocycles. The summed E-state index contributed by atoms with van der Waals surface area (Å²) in [6, 6.07) is 21.6. The lowest BCUT2D eigenvalue weighted by atomic mass is 10.3. The van der Waals surface area contributed by atoms with Crippen molar-refractivity contribution in [3.63, 3.8) is 0 Å². The third-order valence-electron chi connectivity index (χ3n) is 4.04. The number of carbonyl (C=O) groups is 1. The number of thioether (sulfide) groups is 1. The molecule has 0 saturated carbocycles. The molecular formula is C22H18N4OS4. The fraction of sp³-hybridized carbons (Fsp3) is 0.0455. The molecule has 2 heterocycles. The zero-order valence-corrected chi connectivity index (χ0v) is 19.5. The summed E-state index contributed by atoms with van der Waals surface area (Å²) < 4.78 is 0. The minimum absolute atomic E-state index is 0.0764. The van der Waals surface area contributed by atoms with Crippen molar-refractivity contribution in [2.75, 3.05) is 21.7 Å². The monoisotopic (exact) mass is 482 g/mol. The van der Waals surface area contributed by atoms with Gasteiger partial charge in [-0.3, -0.25) is 4.79 Å². The van der Waals surface area contributed by atoms with E-state index in [-0.39, 0.29) is 5.91 Å². The number of amides is 1. The molecule has 1 amide bonds. The van der Waals surface area contributed by atoms with Gasteiger partial charge in [0.2, 0.25) is 5.91 Å². The van der Waals surface area contributed by atoms with E-state index < -0.39 is 0 Å². The van der Waals surface area contributed by atoms with Crippen molar-refractivity contribution in [3.05, 3.63) is 77.5 Å². The van der Waals surface area contributed by atoms with E-state index in [2.05, 4.69) is 20.9 Å². The molecule has 156 valence electrons. The van der Waals surface area contributed by atoms with Crippen LogP contribution < -0.4 is 16.0 Å². The Hall–Kier alpha value is -2.72. The maximum atomic E-state index is 12.3. The maximum Gasteiger partial charge on any atom is 0.236 e. The molecule has 31 heavy (non-hydrogen) atoms. The highest BCUT2D eigenvalue weighted by Crippen LogP contribution is 2.28.